The van der Waals surface area contributed by atoms with Gasteiger partial charge in [-0.2, -0.15) is 4.31 Å². The largest absolute Gasteiger partial charge is 0.357 e. The molecule has 0 aliphatic carbocycles. The summed E-state index contributed by atoms with van der Waals surface area (Å²) in [5, 5.41) is 0. The summed E-state index contributed by atoms with van der Waals surface area (Å²) >= 11 is 0. The van der Waals surface area contributed by atoms with Crippen LogP contribution in [0.3, 0.4) is 0 Å². The molecule has 0 N–H and O–H groups in total. The first-order chi connectivity index (χ1) is 18.5. The van der Waals surface area contributed by atoms with E-state index in [0.29, 0.717) is 11.4 Å². The van der Waals surface area contributed by atoms with E-state index in [1.54, 1.807) is 16.4 Å². The zero-order valence-corrected chi connectivity index (χ0v) is 21.7. The van der Waals surface area contributed by atoms with Gasteiger partial charge in [-0.3, -0.25) is 0 Å². The summed E-state index contributed by atoms with van der Waals surface area (Å²) in [5.41, 5.74) is 9.18. The quantitative estimate of drug-likeness (QED) is 0.233. The van der Waals surface area contributed by atoms with Crippen molar-refractivity contribution in [3.8, 4) is 23.0 Å². The molecule has 4 aromatic carbocycles. The highest BCUT2D eigenvalue weighted by Gasteiger charge is 2.44. The standard InChI is InChI=1S/C33H25NO3S/c1-22-12-15-25(16-13-22)38(35,36)34-20-27-26(17-14-23-8-4-2-5-9-23)31(24-10-6-3-7-11-24)33-30-19-18-29(37-30)32(33)28(27)21-34/h2-13,15-16,18-19,29-30H,20-21H2,1H3/t29-,30+/m0/s1. The minimum atomic E-state index is -3.69. The lowest BCUT2D eigenvalue weighted by atomic mass is 9.80. The van der Waals surface area contributed by atoms with Gasteiger partial charge in [0.25, 0.3) is 0 Å². The van der Waals surface area contributed by atoms with Crippen LogP contribution in [0.5, 0.6) is 0 Å². The minimum Gasteiger partial charge on any atom is -0.357 e. The van der Waals surface area contributed by atoms with Gasteiger partial charge >= 0.3 is 0 Å². The molecule has 186 valence electrons. The molecule has 0 saturated heterocycles. The summed E-state index contributed by atoms with van der Waals surface area (Å²) in [6.07, 6.45) is 3.88. The first kappa shape index (κ1) is 23.2. The van der Waals surface area contributed by atoms with Crippen LogP contribution in [-0.4, -0.2) is 12.7 Å². The molecule has 4 aromatic rings. The summed E-state index contributed by atoms with van der Waals surface area (Å²) in [7, 11) is -3.69. The fourth-order valence-electron chi connectivity index (χ4n) is 5.79. The van der Waals surface area contributed by atoms with Gasteiger partial charge in [-0.1, -0.05) is 90.2 Å². The summed E-state index contributed by atoms with van der Waals surface area (Å²) in [6, 6.07) is 27.2. The van der Waals surface area contributed by atoms with Gasteiger partial charge < -0.3 is 4.74 Å². The number of hydrogen-bond donors (Lipinski definition) is 0. The Bertz CT molecular complexity index is 1760. The lowest BCUT2D eigenvalue weighted by molar-refractivity contribution is 0.0877. The van der Waals surface area contributed by atoms with E-state index in [-0.39, 0.29) is 18.8 Å². The van der Waals surface area contributed by atoms with E-state index in [2.05, 4.69) is 36.1 Å². The molecule has 2 atom stereocenters. The molecular formula is C33H25NO3S. The predicted molar refractivity (Wildman–Crippen MR) is 148 cm³/mol. The molecule has 3 aliphatic rings. The number of fused-ring (bicyclic) bond motifs is 7. The van der Waals surface area contributed by atoms with Crippen LogP contribution >= 0.6 is 0 Å². The second-order valence-corrected chi connectivity index (χ2v) is 11.9. The van der Waals surface area contributed by atoms with E-state index in [4.69, 9.17) is 4.74 Å². The maximum Gasteiger partial charge on any atom is 0.243 e. The Balaban J connectivity index is 1.45. The molecule has 4 nitrogen and oxygen atoms in total. The summed E-state index contributed by atoms with van der Waals surface area (Å²) in [4.78, 5) is 0.311. The fourth-order valence-corrected chi connectivity index (χ4v) is 7.16. The Morgan fingerprint density at radius 2 is 1.39 bits per heavy atom. The van der Waals surface area contributed by atoms with Gasteiger partial charge in [0.15, 0.2) is 0 Å². The molecule has 7 rings (SSSR count). The van der Waals surface area contributed by atoms with Crippen molar-refractivity contribution in [1.82, 2.24) is 4.31 Å². The van der Waals surface area contributed by atoms with Crippen LogP contribution < -0.4 is 0 Å². The number of nitrogens with zero attached hydrogens (tertiary/aromatic N) is 1. The maximum absolute atomic E-state index is 13.8. The molecule has 0 fully saturated rings. The Morgan fingerprint density at radius 1 is 0.763 bits per heavy atom. The molecule has 0 aromatic heterocycles. The third-order valence-corrected chi connectivity index (χ3v) is 9.43. The molecule has 0 unspecified atom stereocenters. The number of aryl methyl sites for hydroxylation is 1. The molecule has 0 spiro atoms. The van der Waals surface area contributed by atoms with E-state index in [1.807, 2.05) is 67.6 Å². The molecule has 2 bridgehead atoms. The predicted octanol–water partition coefficient (Wildman–Crippen LogP) is 6.45. The fraction of sp³-hybridized carbons (Fsp3) is 0.152. The Morgan fingerprint density at radius 3 is 2.11 bits per heavy atom. The van der Waals surface area contributed by atoms with Crippen LogP contribution in [0.2, 0.25) is 0 Å². The normalized spacial score (nSPS) is 19.2. The smallest absolute Gasteiger partial charge is 0.243 e. The van der Waals surface area contributed by atoms with E-state index < -0.39 is 10.0 Å². The first-order valence-corrected chi connectivity index (χ1v) is 14.2. The molecule has 3 aliphatic heterocycles. The number of ether oxygens (including phenoxy) is 1. The van der Waals surface area contributed by atoms with Gasteiger partial charge in [0, 0.05) is 35.3 Å². The van der Waals surface area contributed by atoms with Crippen LogP contribution in [0.4, 0.5) is 0 Å². The number of sulfonamides is 1. The molecule has 0 saturated carbocycles. The van der Waals surface area contributed by atoms with Crippen LogP contribution in [0.15, 0.2) is 102 Å². The van der Waals surface area contributed by atoms with Crippen molar-refractivity contribution < 1.29 is 13.2 Å². The monoisotopic (exact) mass is 515 g/mol. The summed E-state index contributed by atoms with van der Waals surface area (Å²) in [5.74, 6) is 6.84. The number of benzene rings is 4. The van der Waals surface area contributed by atoms with Crippen molar-refractivity contribution in [3.63, 3.8) is 0 Å². The average molecular weight is 516 g/mol. The topological polar surface area (TPSA) is 46.6 Å². The van der Waals surface area contributed by atoms with Crippen molar-refractivity contribution in [2.75, 3.05) is 0 Å². The van der Waals surface area contributed by atoms with Gasteiger partial charge in [0.2, 0.25) is 10.0 Å². The van der Waals surface area contributed by atoms with Crippen molar-refractivity contribution in [3.05, 3.63) is 136 Å². The Kier molecular flexibility index (Phi) is 5.38. The van der Waals surface area contributed by atoms with E-state index in [0.717, 1.165) is 50.1 Å². The summed E-state index contributed by atoms with van der Waals surface area (Å²) < 4.78 is 35.5. The Hall–Kier alpha value is -3.95. The van der Waals surface area contributed by atoms with Crippen LogP contribution in [0.25, 0.3) is 11.1 Å². The molecule has 0 radical (unpaired) electrons. The Labute approximate surface area is 223 Å². The van der Waals surface area contributed by atoms with E-state index >= 15 is 0 Å². The van der Waals surface area contributed by atoms with Gasteiger partial charge in [-0.15, -0.1) is 0 Å². The van der Waals surface area contributed by atoms with Gasteiger partial charge in [-0.25, -0.2) is 8.42 Å². The first-order valence-electron chi connectivity index (χ1n) is 12.8. The SMILES string of the molecule is Cc1ccc(S(=O)(=O)N2Cc3c(C#Cc4ccccc4)c(-c4ccccc4)c4c(c3C2)[C@@H]2C=C[C@H]4O2)cc1. The van der Waals surface area contributed by atoms with Crippen molar-refractivity contribution in [2.24, 2.45) is 0 Å². The molecule has 3 heterocycles. The lowest BCUT2D eigenvalue weighted by Crippen LogP contribution is -2.25. The highest BCUT2D eigenvalue weighted by molar-refractivity contribution is 7.89. The average Bonchev–Trinajstić information content (AvgIpc) is 3.68. The molecule has 38 heavy (non-hydrogen) atoms. The highest BCUT2D eigenvalue weighted by atomic mass is 32.2. The second-order valence-electron chi connectivity index (χ2n) is 9.96. The zero-order chi connectivity index (χ0) is 25.9. The van der Waals surface area contributed by atoms with E-state index in [9.17, 15) is 8.42 Å². The third-order valence-electron chi connectivity index (χ3n) is 7.62. The van der Waals surface area contributed by atoms with Crippen molar-refractivity contribution >= 4 is 10.0 Å². The third kappa shape index (κ3) is 3.65. The molecular weight excluding hydrogens is 490 g/mol. The van der Waals surface area contributed by atoms with Crippen molar-refractivity contribution in [1.29, 1.82) is 0 Å². The van der Waals surface area contributed by atoms with Crippen molar-refractivity contribution in [2.45, 2.75) is 37.1 Å². The van der Waals surface area contributed by atoms with Gasteiger partial charge in [0.05, 0.1) is 4.90 Å². The van der Waals surface area contributed by atoms with Gasteiger partial charge in [-0.05, 0) is 53.4 Å². The summed E-state index contributed by atoms with van der Waals surface area (Å²) in [6.45, 7) is 2.54. The minimum absolute atomic E-state index is 0.157. The van der Waals surface area contributed by atoms with Crippen LogP contribution in [-0.2, 0) is 27.8 Å². The lowest BCUT2D eigenvalue weighted by Gasteiger charge is -2.20. The molecule has 5 heteroatoms. The zero-order valence-electron chi connectivity index (χ0n) is 20.9. The number of rotatable bonds is 3. The van der Waals surface area contributed by atoms with Crippen LogP contribution in [0.1, 0.15) is 51.2 Å². The molecule has 0 amide bonds. The second kappa shape index (κ2) is 8.82. The van der Waals surface area contributed by atoms with Gasteiger partial charge in [0.1, 0.15) is 12.2 Å². The number of hydrogen-bond acceptors (Lipinski definition) is 3. The highest BCUT2D eigenvalue weighted by Crippen LogP contribution is 2.54. The maximum atomic E-state index is 13.8. The van der Waals surface area contributed by atoms with Crippen LogP contribution in [0, 0.1) is 18.8 Å². The van der Waals surface area contributed by atoms with E-state index in [1.165, 1.54) is 0 Å².